The first-order valence-electron chi connectivity index (χ1n) is 6.85. The molecule has 0 saturated heterocycles. The van der Waals surface area contributed by atoms with Crippen molar-refractivity contribution in [2.75, 3.05) is 0 Å². The van der Waals surface area contributed by atoms with E-state index < -0.39 is 11.4 Å². The molecule has 0 aliphatic rings. The molecule has 1 N–H and O–H groups in total. The quantitative estimate of drug-likeness (QED) is 0.800. The second-order valence-corrected chi connectivity index (χ2v) is 5.38. The van der Waals surface area contributed by atoms with Crippen molar-refractivity contribution in [1.29, 1.82) is 0 Å². The average Bonchev–Trinajstić information content (AvgIpc) is 2.53. The molecule has 4 nitrogen and oxygen atoms in total. The number of aromatic nitrogens is 2. The Morgan fingerprint density at radius 1 is 1.13 bits per heavy atom. The first-order chi connectivity index (χ1) is 11.0. The van der Waals surface area contributed by atoms with Gasteiger partial charge in [-0.2, -0.15) is 5.10 Å². The molecule has 0 amide bonds. The predicted octanol–water partition coefficient (Wildman–Crippen LogP) is 3.46. The van der Waals surface area contributed by atoms with E-state index in [1.54, 1.807) is 18.2 Å². The molecule has 0 bridgehead atoms. The smallest absolute Gasteiger partial charge is 0.270 e. The SMILES string of the molecule is O=c1cc(O)c(-c2ccc(F)cc2)nn1Cc1ccccc1Cl. The summed E-state index contributed by atoms with van der Waals surface area (Å²) >= 11 is 6.10. The summed E-state index contributed by atoms with van der Waals surface area (Å²) in [5.41, 5.74) is 1.00. The number of hydrogen-bond donors (Lipinski definition) is 1. The van der Waals surface area contributed by atoms with Gasteiger partial charge in [0.25, 0.3) is 5.56 Å². The van der Waals surface area contributed by atoms with Crippen LogP contribution in [0.1, 0.15) is 5.56 Å². The van der Waals surface area contributed by atoms with E-state index in [4.69, 9.17) is 11.6 Å². The van der Waals surface area contributed by atoms with Crippen molar-refractivity contribution in [2.45, 2.75) is 6.54 Å². The van der Waals surface area contributed by atoms with Crippen LogP contribution in [0.4, 0.5) is 4.39 Å². The van der Waals surface area contributed by atoms with E-state index >= 15 is 0 Å². The molecule has 1 heterocycles. The zero-order valence-electron chi connectivity index (χ0n) is 11.9. The van der Waals surface area contributed by atoms with E-state index in [0.29, 0.717) is 10.6 Å². The number of halogens is 2. The summed E-state index contributed by atoms with van der Waals surface area (Å²) in [5.74, 6) is -0.644. The lowest BCUT2D eigenvalue weighted by Crippen LogP contribution is -2.23. The summed E-state index contributed by atoms with van der Waals surface area (Å²) in [6.45, 7) is 0.174. The van der Waals surface area contributed by atoms with Gasteiger partial charge in [0.1, 0.15) is 17.3 Å². The van der Waals surface area contributed by atoms with Crippen molar-refractivity contribution in [3.05, 3.63) is 81.4 Å². The highest BCUT2D eigenvalue weighted by Gasteiger charge is 2.11. The summed E-state index contributed by atoms with van der Waals surface area (Å²) in [6.07, 6.45) is 0. The highest BCUT2D eigenvalue weighted by Crippen LogP contribution is 2.25. The molecule has 0 atom stereocenters. The Bertz CT molecular complexity index is 907. The summed E-state index contributed by atoms with van der Waals surface area (Å²) in [4.78, 5) is 12.0. The number of hydrogen-bond acceptors (Lipinski definition) is 3. The van der Waals surface area contributed by atoms with E-state index in [1.165, 1.54) is 28.9 Å². The Balaban J connectivity index is 2.05. The van der Waals surface area contributed by atoms with E-state index in [2.05, 4.69) is 5.10 Å². The van der Waals surface area contributed by atoms with Gasteiger partial charge in [0.15, 0.2) is 0 Å². The molecule has 3 aromatic rings. The monoisotopic (exact) mass is 330 g/mol. The zero-order chi connectivity index (χ0) is 16.4. The summed E-state index contributed by atoms with van der Waals surface area (Å²) in [5, 5.41) is 14.7. The van der Waals surface area contributed by atoms with Gasteiger partial charge >= 0.3 is 0 Å². The van der Waals surface area contributed by atoms with Crippen LogP contribution in [0.15, 0.2) is 59.4 Å². The van der Waals surface area contributed by atoms with Crippen LogP contribution in [0.5, 0.6) is 5.75 Å². The first kappa shape index (κ1) is 15.2. The minimum Gasteiger partial charge on any atom is -0.505 e. The summed E-state index contributed by atoms with van der Waals surface area (Å²) in [6, 6.07) is 13.7. The van der Waals surface area contributed by atoms with Crippen LogP contribution in [0, 0.1) is 5.82 Å². The second-order valence-electron chi connectivity index (χ2n) is 4.97. The predicted molar refractivity (Wildman–Crippen MR) is 86.1 cm³/mol. The molecule has 2 aromatic carbocycles. The van der Waals surface area contributed by atoms with Crippen LogP contribution < -0.4 is 5.56 Å². The minimum atomic E-state index is -0.451. The molecule has 6 heteroatoms. The fourth-order valence-electron chi connectivity index (χ4n) is 2.20. The first-order valence-corrected chi connectivity index (χ1v) is 7.23. The normalized spacial score (nSPS) is 10.7. The molecule has 116 valence electrons. The maximum absolute atomic E-state index is 13.0. The highest BCUT2D eigenvalue weighted by atomic mass is 35.5. The Morgan fingerprint density at radius 3 is 2.52 bits per heavy atom. The Morgan fingerprint density at radius 2 is 1.83 bits per heavy atom. The van der Waals surface area contributed by atoms with Crippen molar-refractivity contribution in [3.8, 4) is 17.0 Å². The third-order valence-electron chi connectivity index (χ3n) is 3.37. The van der Waals surface area contributed by atoms with Crippen molar-refractivity contribution < 1.29 is 9.50 Å². The van der Waals surface area contributed by atoms with E-state index in [-0.39, 0.29) is 18.0 Å². The Kier molecular flexibility index (Phi) is 4.12. The van der Waals surface area contributed by atoms with Crippen molar-refractivity contribution in [3.63, 3.8) is 0 Å². The maximum atomic E-state index is 13.0. The molecular weight excluding hydrogens is 319 g/mol. The third kappa shape index (κ3) is 3.24. The number of benzene rings is 2. The summed E-state index contributed by atoms with van der Waals surface area (Å²) < 4.78 is 14.2. The number of nitrogens with zero attached hydrogens (tertiary/aromatic N) is 2. The van der Waals surface area contributed by atoms with Crippen molar-refractivity contribution in [1.82, 2.24) is 9.78 Å². The topological polar surface area (TPSA) is 55.1 Å². The maximum Gasteiger partial charge on any atom is 0.270 e. The zero-order valence-corrected chi connectivity index (χ0v) is 12.7. The van der Waals surface area contributed by atoms with Crippen molar-refractivity contribution in [2.24, 2.45) is 0 Å². The molecule has 0 saturated carbocycles. The number of rotatable bonds is 3. The van der Waals surface area contributed by atoms with Crippen LogP contribution >= 0.6 is 11.6 Å². The molecule has 0 aliphatic heterocycles. The van der Waals surface area contributed by atoms with Gasteiger partial charge < -0.3 is 5.11 Å². The summed E-state index contributed by atoms with van der Waals surface area (Å²) in [7, 11) is 0. The van der Waals surface area contributed by atoms with Gasteiger partial charge in [-0.3, -0.25) is 4.79 Å². The standard InChI is InChI=1S/C17H12ClFN2O2/c18-14-4-2-1-3-12(14)10-21-16(23)9-15(22)17(20-21)11-5-7-13(19)8-6-11/h1-9,22H,10H2. The van der Waals surface area contributed by atoms with Gasteiger partial charge in [-0.05, 0) is 35.9 Å². The molecule has 1 aromatic heterocycles. The van der Waals surface area contributed by atoms with Crippen molar-refractivity contribution >= 4 is 11.6 Å². The van der Waals surface area contributed by atoms with E-state index in [9.17, 15) is 14.3 Å². The van der Waals surface area contributed by atoms with Gasteiger partial charge in [-0.25, -0.2) is 9.07 Å². The lowest BCUT2D eigenvalue weighted by atomic mass is 10.1. The number of aromatic hydroxyl groups is 1. The van der Waals surface area contributed by atoms with Crippen LogP contribution in [0.25, 0.3) is 11.3 Å². The second kappa shape index (κ2) is 6.22. The Labute approximate surface area is 136 Å². The highest BCUT2D eigenvalue weighted by molar-refractivity contribution is 6.31. The van der Waals surface area contributed by atoms with E-state index in [1.807, 2.05) is 6.07 Å². The molecule has 3 rings (SSSR count). The van der Waals surface area contributed by atoms with Gasteiger partial charge in [-0.1, -0.05) is 29.8 Å². The molecular formula is C17H12ClFN2O2. The minimum absolute atomic E-state index is 0.174. The largest absolute Gasteiger partial charge is 0.505 e. The fraction of sp³-hybridized carbons (Fsp3) is 0.0588. The molecule has 0 radical (unpaired) electrons. The van der Waals surface area contributed by atoms with Gasteiger partial charge in [0.05, 0.1) is 6.54 Å². The Hall–Kier alpha value is -2.66. The van der Waals surface area contributed by atoms with Crippen LogP contribution in [-0.4, -0.2) is 14.9 Å². The third-order valence-corrected chi connectivity index (χ3v) is 3.74. The average molecular weight is 331 g/mol. The van der Waals surface area contributed by atoms with E-state index in [0.717, 1.165) is 11.6 Å². The van der Waals surface area contributed by atoms with Gasteiger partial charge in [0.2, 0.25) is 0 Å². The molecule has 0 fully saturated rings. The fourth-order valence-corrected chi connectivity index (χ4v) is 2.39. The molecule has 0 spiro atoms. The molecule has 0 aliphatic carbocycles. The van der Waals surface area contributed by atoms with Gasteiger partial charge in [0, 0.05) is 16.7 Å². The lowest BCUT2D eigenvalue weighted by Gasteiger charge is -2.10. The van der Waals surface area contributed by atoms with Crippen LogP contribution in [-0.2, 0) is 6.54 Å². The molecule has 23 heavy (non-hydrogen) atoms. The van der Waals surface area contributed by atoms with Gasteiger partial charge in [-0.15, -0.1) is 0 Å². The molecule has 0 unspecified atom stereocenters. The lowest BCUT2D eigenvalue weighted by molar-refractivity contribution is 0.465. The van der Waals surface area contributed by atoms with Crippen LogP contribution in [0.3, 0.4) is 0 Å². The van der Waals surface area contributed by atoms with Crippen LogP contribution in [0.2, 0.25) is 5.02 Å².